The molecule has 3 N–H and O–H groups in total. The van der Waals surface area contributed by atoms with Gasteiger partial charge in [0.15, 0.2) is 5.82 Å². The molecule has 0 aliphatic carbocycles. The molecule has 3 rings (SSSR count). The molecule has 21 heavy (non-hydrogen) atoms. The number of benzene rings is 1. The molecule has 0 saturated carbocycles. The molecule has 0 aliphatic rings. The molecule has 0 bridgehead atoms. The molecule has 2 heterocycles. The first-order chi connectivity index (χ1) is 10.2. The van der Waals surface area contributed by atoms with Crippen LogP contribution in [0.25, 0.3) is 22.4 Å². The highest BCUT2D eigenvalue weighted by Gasteiger charge is 2.16. The summed E-state index contributed by atoms with van der Waals surface area (Å²) in [6.45, 7) is 4.05. The van der Waals surface area contributed by atoms with Gasteiger partial charge < -0.3 is 9.84 Å². The van der Waals surface area contributed by atoms with Crippen LogP contribution < -0.4 is 11.3 Å². The van der Waals surface area contributed by atoms with Crippen molar-refractivity contribution in [3.05, 3.63) is 41.8 Å². The van der Waals surface area contributed by atoms with Crippen molar-refractivity contribution in [1.29, 1.82) is 0 Å². The van der Waals surface area contributed by atoms with E-state index >= 15 is 0 Å². The molecule has 0 spiro atoms. The molecular formula is C16H18N4O. The Kier molecular flexibility index (Phi) is 3.58. The van der Waals surface area contributed by atoms with Gasteiger partial charge in [-0.05, 0) is 19.4 Å². The van der Waals surface area contributed by atoms with Crippen LogP contribution in [0.4, 0.5) is 5.82 Å². The largest absolute Gasteiger partial charge is 0.461 e. The standard InChI is InChI=1S/C16H18N4O/c1-3-6-11-9-14(20-17)19-16(18-11)15-10(2)21-13-8-5-4-7-12(13)15/h4-5,7-9H,3,6,17H2,1-2H3,(H,18,19,20). The normalized spacial score (nSPS) is 11.0. The third kappa shape index (κ3) is 2.48. The summed E-state index contributed by atoms with van der Waals surface area (Å²) in [4.78, 5) is 9.14. The maximum Gasteiger partial charge on any atom is 0.165 e. The summed E-state index contributed by atoms with van der Waals surface area (Å²) >= 11 is 0. The van der Waals surface area contributed by atoms with Gasteiger partial charge in [0, 0.05) is 17.1 Å². The molecule has 1 aromatic carbocycles. The number of hydrazine groups is 1. The quantitative estimate of drug-likeness (QED) is 0.566. The molecule has 5 heteroatoms. The van der Waals surface area contributed by atoms with Crippen LogP contribution in [0.1, 0.15) is 24.8 Å². The average Bonchev–Trinajstić information content (AvgIpc) is 2.83. The van der Waals surface area contributed by atoms with Gasteiger partial charge in [-0.25, -0.2) is 15.8 Å². The molecule has 108 valence electrons. The van der Waals surface area contributed by atoms with E-state index in [-0.39, 0.29) is 0 Å². The number of hydrogen-bond acceptors (Lipinski definition) is 5. The van der Waals surface area contributed by atoms with Crippen LogP contribution in [0.15, 0.2) is 34.7 Å². The second kappa shape index (κ2) is 5.54. The van der Waals surface area contributed by atoms with Crippen LogP contribution in [-0.4, -0.2) is 9.97 Å². The Morgan fingerprint density at radius 3 is 2.81 bits per heavy atom. The van der Waals surface area contributed by atoms with Crippen molar-refractivity contribution in [2.45, 2.75) is 26.7 Å². The van der Waals surface area contributed by atoms with E-state index < -0.39 is 0 Å². The number of para-hydroxylation sites is 1. The molecule has 0 fully saturated rings. The second-order valence-corrected chi connectivity index (χ2v) is 4.99. The van der Waals surface area contributed by atoms with Crippen molar-refractivity contribution in [1.82, 2.24) is 9.97 Å². The van der Waals surface area contributed by atoms with E-state index in [1.54, 1.807) is 0 Å². The van der Waals surface area contributed by atoms with Crippen molar-refractivity contribution >= 4 is 16.8 Å². The molecule has 0 radical (unpaired) electrons. The lowest BCUT2D eigenvalue weighted by Gasteiger charge is -2.07. The molecular weight excluding hydrogens is 264 g/mol. The lowest BCUT2D eigenvalue weighted by Crippen LogP contribution is -2.10. The first-order valence-corrected chi connectivity index (χ1v) is 7.06. The first-order valence-electron chi connectivity index (χ1n) is 7.06. The number of hydrogen-bond donors (Lipinski definition) is 2. The Morgan fingerprint density at radius 2 is 2.05 bits per heavy atom. The summed E-state index contributed by atoms with van der Waals surface area (Å²) in [5.41, 5.74) is 5.36. The Bertz CT molecular complexity index is 779. The lowest BCUT2D eigenvalue weighted by molar-refractivity contribution is 0.579. The van der Waals surface area contributed by atoms with Gasteiger partial charge >= 0.3 is 0 Å². The summed E-state index contributed by atoms with van der Waals surface area (Å²) in [6.07, 6.45) is 1.91. The SMILES string of the molecule is CCCc1cc(NN)nc(-c2c(C)oc3ccccc23)n1. The van der Waals surface area contributed by atoms with E-state index in [1.807, 2.05) is 37.3 Å². The highest BCUT2D eigenvalue weighted by molar-refractivity contribution is 5.93. The zero-order valence-electron chi connectivity index (χ0n) is 12.2. The molecule has 3 aromatic rings. The number of nitrogen functional groups attached to an aromatic ring is 1. The number of aromatic nitrogens is 2. The van der Waals surface area contributed by atoms with Gasteiger partial charge in [0.2, 0.25) is 0 Å². The Labute approximate surface area is 123 Å². The molecule has 0 saturated heterocycles. The number of nitrogens with zero attached hydrogens (tertiary/aromatic N) is 2. The van der Waals surface area contributed by atoms with Crippen LogP contribution in [0, 0.1) is 6.92 Å². The van der Waals surface area contributed by atoms with Crippen molar-refractivity contribution in [3.8, 4) is 11.4 Å². The number of nitrogens with two attached hydrogens (primary N) is 1. The van der Waals surface area contributed by atoms with E-state index in [0.29, 0.717) is 11.6 Å². The summed E-state index contributed by atoms with van der Waals surface area (Å²) in [5, 5.41) is 1.02. The monoisotopic (exact) mass is 282 g/mol. The highest BCUT2D eigenvalue weighted by Crippen LogP contribution is 2.33. The van der Waals surface area contributed by atoms with Gasteiger partial charge in [0.25, 0.3) is 0 Å². The average molecular weight is 282 g/mol. The maximum absolute atomic E-state index is 5.80. The molecule has 0 aliphatic heterocycles. The second-order valence-electron chi connectivity index (χ2n) is 4.99. The molecule has 0 amide bonds. The minimum atomic E-state index is 0.619. The third-order valence-electron chi connectivity index (χ3n) is 3.43. The van der Waals surface area contributed by atoms with Gasteiger partial charge in [0.1, 0.15) is 17.2 Å². The van der Waals surface area contributed by atoms with E-state index in [4.69, 9.17) is 10.3 Å². The maximum atomic E-state index is 5.80. The Balaban J connectivity index is 2.22. The predicted octanol–water partition coefficient (Wildman–Crippen LogP) is 3.44. The Hall–Kier alpha value is -2.40. The van der Waals surface area contributed by atoms with Crippen LogP contribution in [0.5, 0.6) is 0 Å². The third-order valence-corrected chi connectivity index (χ3v) is 3.43. The van der Waals surface area contributed by atoms with Crippen LogP contribution >= 0.6 is 0 Å². The fraction of sp³-hybridized carbons (Fsp3) is 0.250. The van der Waals surface area contributed by atoms with Crippen LogP contribution in [0.3, 0.4) is 0 Å². The molecule has 0 unspecified atom stereocenters. The van der Waals surface area contributed by atoms with Crippen molar-refractivity contribution in [2.75, 3.05) is 5.43 Å². The fourth-order valence-electron chi connectivity index (χ4n) is 2.51. The predicted molar refractivity (Wildman–Crippen MR) is 83.8 cm³/mol. The number of fused-ring (bicyclic) bond motifs is 1. The van der Waals surface area contributed by atoms with E-state index in [1.165, 1.54) is 0 Å². The van der Waals surface area contributed by atoms with Gasteiger partial charge in [-0.1, -0.05) is 31.5 Å². The number of nitrogens with one attached hydrogen (secondary N) is 1. The number of furan rings is 1. The highest BCUT2D eigenvalue weighted by atomic mass is 16.3. The van der Waals surface area contributed by atoms with E-state index in [0.717, 1.165) is 40.8 Å². The number of rotatable bonds is 4. The zero-order valence-corrected chi connectivity index (χ0v) is 12.2. The van der Waals surface area contributed by atoms with E-state index in [9.17, 15) is 0 Å². The summed E-state index contributed by atoms with van der Waals surface area (Å²) in [6, 6.07) is 9.79. The summed E-state index contributed by atoms with van der Waals surface area (Å²) in [5.74, 6) is 7.60. The van der Waals surface area contributed by atoms with Gasteiger partial charge in [-0.3, -0.25) is 0 Å². The Morgan fingerprint density at radius 1 is 1.24 bits per heavy atom. The first kappa shape index (κ1) is 13.6. The molecule has 0 atom stereocenters. The van der Waals surface area contributed by atoms with Gasteiger partial charge in [-0.2, -0.15) is 0 Å². The number of anilines is 1. The minimum Gasteiger partial charge on any atom is -0.461 e. The smallest absolute Gasteiger partial charge is 0.165 e. The number of aryl methyl sites for hydroxylation is 2. The van der Waals surface area contributed by atoms with Crippen molar-refractivity contribution < 1.29 is 4.42 Å². The zero-order chi connectivity index (χ0) is 14.8. The lowest BCUT2D eigenvalue weighted by atomic mass is 10.1. The molecule has 2 aromatic heterocycles. The molecule has 5 nitrogen and oxygen atoms in total. The topological polar surface area (TPSA) is 77.0 Å². The van der Waals surface area contributed by atoms with Crippen molar-refractivity contribution in [3.63, 3.8) is 0 Å². The van der Waals surface area contributed by atoms with Crippen molar-refractivity contribution in [2.24, 2.45) is 5.84 Å². The van der Waals surface area contributed by atoms with Gasteiger partial charge in [0.05, 0.1) is 5.56 Å². The van der Waals surface area contributed by atoms with E-state index in [2.05, 4.69) is 22.3 Å². The van der Waals surface area contributed by atoms with Crippen LogP contribution in [0.2, 0.25) is 0 Å². The summed E-state index contributed by atoms with van der Waals surface area (Å²) in [7, 11) is 0. The fourth-order valence-corrected chi connectivity index (χ4v) is 2.51. The van der Waals surface area contributed by atoms with Gasteiger partial charge in [-0.15, -0.1) is 0 Å². The minimum absolute atomic E-state index is 0.619. The summed E-state index contributed by atoms with van der Waals surface area (Å²) < 4.78 is 5.80. The van der Waals surface area contributed by atoms with Crippen LogP contribution in [-0.2, 0) is 6.42 Å².